The van der Waals surface area contributed by atoms with Crippen molar-refractivity contribution in [1.29, 1.82) is 0 Å². The van der Waals surface area contributed by atoms with Crippen molar-refractivity contribution in [3.63, 3.8) is 0 Å². The van der Waals surface area contributed by atoms with Crippen molar-refractivity contribution in [3.05, 3.63) is 116 Å². The highest BCUT2D eigenvalue weighted by Gasteiger charge is 2.50. The minimum absolute atomic E-state index is 0.0616. The molecule has 3 atom stereocenters. The first kappa shape index (κ1) is 27.7. The van der Waals surface area contributed by atoms with Gasteiger partial charge in [-0.2, -0.15) is 0 Å². The number of carbonyl (C=O) groups is 2. The molecule has 39 heavy (non-hydrogen) atoms. The maximum absolute atomic E-state index is 13.7. The Balaban J connectivity index is 1.50. The van der Waals surface area contributed by atoms with Gasteiger partial charge in [0.25, 0.3) is 0 Å². The highest BCUT2D eigenvalue weighted by Crippen LogP contribution is 2.46. The molecule has 0 spiro atoms. The number of hydrogen-bond acceptors (Lipinski definition) is 5. The molecule has 1 fully saturated rings. The summed E-state index contributed by atoms with van der Waals surface area (Å²) < 4.78 is 20.0. The van der Waals surface area contributed by atoms with Gasteiger partial charge in [0.1, 0.15) is 22.6 Å². The summed E-state index contributed by atoms with van der Waals surface area (Å²) in [6, 6.07) is 14.8. The zero-order valence-electron chi connectivity index (χ0n) is 20.8. The van der Waals surface area contributed by atoms with Crippen LogP contribution in [0.4, 0.5) is 4.39 Å². The summed E-state index contributed by atoms with van der Waals surface area (Å²) in [6.45, 7) is 2.03. The lowest BCUT2D eigenvalue weighted by Gasteiger charge is -2.43. The molecule has 2 aromatic carbocycles. The van der Waals surface area contributed by atoms with Gasteiger partial charge >= 0.3 is 0 Å². The smallest absolute Gasteiger partial charge is 0.242 e. The minimum Gasteiger partial charge on any atom is -0.458 e. The summed E-state index contributed by atoms with van der Waals surface area (Å²) in [7, 11) is 0. The lowest BCUT2D eigenvalue weighted by molar-refractivity contribution is -0.133. The molecule has 4 nitrogen and oxygen atoms in total. The molecule has 200 valence electrons. The van der Waals surface area contributed by atoms with Crippen molar-refractivity contribution >= 4 is 58.0 Å². The van der Waals surface area contributed by atoms with Crippen LogP contribution in [0, 0.1) is 11.7 Å². The van der Waals surface area contributed by atoms with Crippen molar-refractivity contribution in [2.24, 2.45) is 5.92 Å². The van der Waals surface area contributed by atoms with Crippen LogP contribution in [0.25, 0.3) is 0 Å². The number of rotatable bonds is 7. The lowest BCUT2D eigenvalue weighted by Crippen LogP contribution is -2.59. The number of piperidine rings is 1. The third-order valence-electron chi connectivity index (χ3n) is 6.73. The van der Waals surface area contributed by atoms with Gasteiger partial charge < -0.3 is 10.1 Å². The largest absolute Gasteiger partial charge is 0.458 e. The Hall–Kier alpha value is -2.84. The van der Waals surface area contributed by atoms with Gasteiger partial charge in [0.05, 0.1) is 14.9 Å². The van der Waals surface area contributed by atoms with Gasteiger partial charge in [-0.25, -0.2) is 4.39 Å². The van der Waals surface area contributed by atoms with E-state index in [1.165, 1.54) is 23.5 Å². The second-order valence-corrected chi connectivity index (χ2v) is 12.3. The molecular weight excluding hydrogens is 576 g/mol. The molecule has 1 aliphatic carbocycles. The number of thiophene rings is 1. The summed E-state index contributed by atoms with van der Waals surface area (Å²) in [6.07, 6.45) is 8.31. The van der Waals surface area contributed by atoms with E-state index in [-0.39, 0.29) is 29.8 Å². The molecule has 0 bridgehead atoms. The van der Waals surface area contributed by atoms with Crippen LogP contribution in [0.5, 0.6) is 5.75 Å². The van der Waals surface area contributed by atoms with Gasteiger partial charge in [0.15, 0.2) is 5.78 Å². The van der Waals surface area contributed by atoms with Crippen LogP contribution in [0.2, 0.25) is 9.36 Å². The van der Waals surface area contributed by atoms with Crippen LogP contribution in [0.15, 0.2) is 101 Å². The molecule has 9 heteroatoms. The lowest BCUT2D eigenvalue weighted by atomic mass is 9.71. The van der Waals surface area contributed by atoms with E-state index >= 15 is 0 Å². The van der Waals surface area contributed by atoms with Gasteiger partial charge in [-0.05, 0) is 77.6 Å². The van der Waals surface area contributed by atoms with E-state index < -0.39 is 10.8 Å². The van der Waals surface area contributed by atoms with Crippen LogP contribution in [0.1, 0.15) is 25.3 Å². The molecule has 1 saturated heterocycles. The van der Waals surface area contributed by atoms with Crippen LogP contribution in [-0.2, 0) is 15.1 Å². The average molecular weight is 601 g/mol. The van der Waals surface area contributed by atoms with E-state index in [9.17, 15) is 14.0 Å². The Kier molecular flexibility index (Phi) is 8.33. The van der Waals surface area contributed by atoms with Crippen LogP contribution < -0.4 is 10.1 Å². The van der Waals surface area contributed by atoms with Crippen molar-refractivity contribution < 1.29 is 18.7 Å². The number of nitrogens with one attached hydrogen (secondary N) is 1. The minimum atomic E-state index is -1.08. The van der Waals surface area contributed by atoms with Gasteiger partial charge in [-0.1, -0.05) is 54.4 Å². The monoisotopic (exact) mass is 599 g/mol. The van der Waals surface area contributed by atoms with E-state index in [0.29, 0.717) is 32.2 Å². The molecule has 3 unspecified atom stereocenters. The summed E-state index contributed by atoms with van der Waals surface area (Å²) in [5.74, 6) is -0.00138. The number of halogens is 3. The number of thioether (sulfide) groups is 1. The number of amides is 1. The maximum atomic E-state index is 13.7. The van der Waals surface area contributed by atoms with E-state index in [2.05, 4.69) is 5.32 Å². The number of benzene rings is 2. The van der Waals surface area contributed by atoms with Crippen molar-refractivity contribution in [2.75, 3.05) is 0 Å². The first-order valence-corrected chi connectivity index (χ1v) is 14.8. The predicted octanol–water partition coefficient (Wildman–Crippen LogP) is 8.12. The molecule has 3 aromatic rings. The fourth-order valence-corrected chi connectivity index (χ4v) is 7.07. The van der Waals surface area contributed by atoms with Crippen molar-refractivity contribution in [3.8, 4) is 5.75 Å². The molecule has 1 aromatic heterocycles. The summed E-state index contributed by atoms with van der Waals surface area (Å²) in [5, 5.41) is 4.67. The van der Waals surface area contributed by atoms with E-state index in [1.54, 1.807) is 30.3 Å². The van der Waals surface area contributed by atoms with Crippen molar-refractivity contribution in [2.45, 2.75) is 35.4 Å². The third kappa shape index (κ3) is 5.87. The quantitative estimate of drug-likeness (QED) is 0.278. The Morgan fingerprint density at radius 3 is 2.59 bits per heavy atom. The molecule has 2 aliphatic rings. The van der Waals surface area contributed by atoms with Gasteiger partial charge in [-0.3, -0.25) is 9.59 Å². The Morgan fingerprint density at radius 2 is 1.92 bits per heavy atom. The van der Waals surface area contributed by atoms with Crippen molar-refractivity contribution in [1.82, 2.24) is 5.32 Å². The van der Waals surface area contributed by atoms with Gasteiger partial charge in [-0.15, -0.1) is 23.1 Å². The summed E-state index contributed by atoms with van der Waals surface area (Å²) >= 11 is 15.2. The fourth-order valence-electron chi connectivity index (χ4n) is 4.87. The maximum Gasteiger partial charge on any atom is 0.242 e. The number of Topliss-reactive ketones (excluding diaryl/α,β-unsaturated/α-hetero) is 1. The standard InChI is InChI=1S/C30H24Cl2FNO3S2/c1-2-18-14-22(37-21-12-10-20(33)11-13-21)6-5-7-23(18)30(19-15-27(32)38-17-19)16-25(35)28(29(36)34-30)39-26-9-4-3-8-24(26)31/h3-15,17-18,28H,2,16H2,1H3,(H,34,36). The Labute approximate surface area is 244 Å². The Morgan fingerprint density at radius 1 is 1.15 bits per heavy atom. The van der Waals surface area contributed by atoms with E-state index in [0.717, 1.165) is 22.9 Å². The second-order valence-electron chi connectivity index (χ2n) is 9.23. The molecule has 5 rings (SSSR count). The Bertz CT molecular complexity index is 1480. The van der Waals surface area contributed by atoms with E-state index in [4.69, 9.17) is 27.9 Å². The number of ketones is 1. The van der Waals surface area contributed by atoms with Gasteiger partial charge in [0, 0.05) is 17.2 Å². The molecule has 0 saturated carbocycles. The molecule has 2 heterocycles. The van der Waals surface area contributed by atoms with Gasteiger partial charge in [0.2, 0.25) is 5.91 Å². The second kappa shape index (κ2) is 11.7. The van der Waals surface area contributed by atoms with Crippen LogP contribution >= 0.6 is 46.3 Å². The predicted molar refractivity (Wildman–Crippen MR) is 156 cm³/mol. The highest BCUT2D eigenvalue weighted by molar-refractivity contribution is 8.01. The first-order chi connectivity index (χ1) is 18.8. The number of allylic oxidation sites excluding steroid dienone is 4. The molecule has 1 aliphatic heterocycles. The summed E-state index contributed by atoms with van der Waals surface area (Å²) in [4.78, 5) is 28.0. The number of hydrogen-bond donors (Lipinski definition) is 1. The fraction of sp³-hybridized carbons (Fsp3) is 0.200. The normalized spacial score (nSPS) is 23.1. The van der Waals surface area contributed by atoms with Crippen LogP contribution in [-0.4, -0.2) is 16.9 Å². The zero-order chi connectivity index (χ0) is 27.6. The topological polar surface area (TPSA) is 55.4 Å². The molecular formula is C30H24Cl2FNO3S2. The average Bonchev–Trinajstić information content (AvgIpc) is 3.25. The highest BCUT2D eigenvalue weighted by atomic mass is 35.5. The van der Waals surface area contributed by atoms with E-state index in [1.807, 2.05) is 48.7 Å². The number of ether oxygens (including phenoxy) is 1. The number of carbonyl (C=O) groups excluding carboxylic acids is 2. The molecule has 0 radical (unpaired) electrons. The molecule has 1 N–H and O–H groups in total. The molecule has 1 amide bonds. The zero-order valence-corrected chi connectivity index (χ0v) is 24.0. The first-order valence-electron chi connectivity index (χ1n) is 12.3. The van der Waals surface area contributed by atoms with Crippen LogP contribution in [0.3, 0.4) is 0 Å². The third-order valence-corrected chi connectivity index (χ3v) is 9.59. The summed E-state index contributed by atoms with van der Waals surface area (Å²) in [5.41, 5.74) is 0.536. The SMILES string of the molecule is CCC1C=C(Oc2ccc(F)cc2)C=CC=C1C1(c2csc(Cl)c2)CC(=O)C(Sc2ccccc2Cl)C(=O)N1.